The summed E-state index contributed by atoms with van der Waals surface area (Å²) in [6.07, 6.45) is 0.640. The maximum Gasteiger partial charge on any atom is 0.268 e. The highest BCUT2D eigenvalue weighted by atomic mass is 32.2. The largest absolute Gasteiger partial charge is 0.307 e. The van der Waals surface area contributed by atoms with Gasteiger partial charge in [-0.15, -0.1) is 11.3 Å². The molecule has 9 heteroatoms. The van der Waals surface area contributed by atoms with Crippen LogP contribution in [0.15, 0.2) is 58.8 Å². The van der Waals surface area contributed by atoms with Crippen molar-refractivity contribution in [3.63, 3.8) is 0 Å². The van der Waals surface area contributed by atoms with Gasteiger partial charge < -0.3 is 4.90 Å². The molecule has 144 valence electrons. The molecule has 1 amide bonds. The van der Waals surface area contributed by atoms with Gasteiger partial charge in [0, 0.05) is 12.2 Å². The first kappa shape index (κ1) is 18.6. The van der Waals surface area contributed by atoms with E-state index in [1.807, 2.05) is 0 Å². The van der Waals surface area contributed by atoms with Gasteiger partial charge in [-0.2, -0.15) is 0 Å². The number of nitrogens with zero attached hydrogens (tertiary/aromatic N) is 1. The topological polar surface area (TPSA) is 66.5 Å². The van der Waals surface area contributed by atoms with E-state index in [1.54, 1.807) is 28.5 Å². The molecule has 0 atom stereocenters. The molecule has 3 aromatic rings. The van der Waals surface area contributed by atoms with Crippen LogP contribution in [-0.2, 0) is 16.4 Å². The Balaban J connectivity index is 1.66. The molecule has 28 heavy (non-hydrogen) atoms. The molecular weight excluding hydrogens is 406 g/mol. The number of carbonyl (C=O) groups is 1. The quantitative estimate of drug-likeness (QED) is 0.693. The highest BCUT2D eigenvalue weighted by Crippen LogP contribution is 2.33. The Bertz CT molecular complexity index is 1140. The first-order valence-corrected chi connectivity index (χ1v) is 10.7. The molecule has 2 aromatic carbocycles. The lowest BCUT2D eigenvalue weighted by atomic mass is 10.1. The molecular formula is C19H14F2N2O3S2. The third-order valence-electron chi connectivity index (χ3n) is 4.40. The zero-order chi connectivity index (χ0) is 19.9. The van der Waals surface area contributed by atoms with Gasteiger partial charge in [-0.25, -0.2) is 17.2 Å². The number of nitrogens with one attached hydrogen (secondary N) is 1. The molecule has 0 radical (unpaired) electrons. The van der Waals surface area contributed by atoms with Crippen molar-refractivity contribution >= 4 is 38.6 Å². The fourth-order valence-electron chi connectivity index (χ4n) is 3.13. The van der Waals surface area contributed by atoms with Crippen LogP contribution in [0.4, 0.5) is 20.2 Å². The predicted octanol–water partition coefficient (Wildman–Crippen LogP) is 4.03. The SMILES string of the molecule is O=C(c1cccs1)N1CCc2ccc(NS(=O)(=O)c3c(F)cccc3F)cc21. The minimum Gasteiger partial charge on any atom is -0.307 e. The molecule has 0 bridgehead atoms. The Hall–Kier alpha value is -2.78. The molecule has 1 N–H and O–H groups in total. The summed E-state index contributed by atoms with van der Waals surface area (Å²) in [5.41, 5.74) is 1.59. The van der Waals surface area contributed by atoms with Gasteiger partial charge in [0.1, 0.15) is 11.6 Å². The molecule has 1 aliphatic rings. The second kappa shape index (κ2) is 6.99. The van der Waals surface area contributed by atoms with Crippen molar-refractivity contribution in [1.29, 1.82) is 0 Å². The highest BCUT2D eigenvalue weighted by Gasteiger charge is 2.28. The Morgan fingerprint density at radius 2 is 1.82 bits per heavy atom. The molecule has 0 fully saturated rings. The van der Waals surface area contributed by atoms with E-state index < -0.39 is 26.6 Å². The summed E-state index contributed by atoms with van der Waals surface area (Å²) < 4.78 is 54.9. The van der Waals surface area contributed by atoms with Crippen molar-refractivity contribution in [1.82, 2.24) is 0 Å². The van der Waals surface area contributed by atoms with E-state index in [0.717, 1.165) is 23.8 Å². The number of rotatable bonds is 4. The van der Waals surface area contributed by atoms with Gasteiger partial charge in [0.2, 0.25) is 0 Å². The predicted molar refractivity (Wildman–Crippen MR) is 103 cm³/mol. The summed E-state index contributed by atoms with van der Waals surface area (Å²) in [7, 11) is -4.47. The molecule has 0 saturated heterocycles. The number of amides is 1. The van der Waals surface area contributed by atoms with Gasteiger partial charge in [0.05, 0.1) is 10.6 Å². The van der Waals surface area contributed by atoms with Crippen LogP contribution in [-0.4, -0.2) is 20.9 Å². The third-order valence-corrected chi connectivity index (χ3v) is 6.69. The molecule has 0 saturated carbocycles. The zero-order valence-corrected chi connectivity index (χ0v) is 16.0. The van der Waals surface area contributed by atoms with Crippen LogP contribution in [0.25, 0.3) is 0 Å². The Kier molecular flexibility index (Phi) is 4.64. The molecule has 4 rings (SSSR count). The summed E-state index contributed by atoms with van der Waals surface area (Å²) in [4.78, 5) is 13.8. The van der Waals surface area contributed by atoms with Gasteiger partial charge in [0.15, 0.2) is 4.90 Å². The number of anilines is 2. The van der Waals surface area contributed by atoms with E-state index >= 15 is 0 Å². The van der Waals surface area contributed by atoms with Crippen molar-refractivity contribution in [2.75, 3.05) is 16.2 Å². The van der Waals surface area contributed by atoms with Crippen molar-refractivity contribution in [3.8, 4) is 0 Å². The molecule has 5 nitrogen and oxygen atoms in total. The van der Waals surface area contributed by atoms with E-state index in [0.29, 0.717) is 23.5 Å². The van der Waals surface area contributed by atoms with Crippen LogP contribution in [0.3, 0.4) is 0 Å². The number of benzene rings is 2. The summed E-state index contributed by atoms with van der Waals surface area (Å²) in [5.74, 6) is -2.53. The molecule has 0 spiro atoms. The number of fused-ring (bicyclic) bond motifs is 1. The number of carbonyl (C=O) groups excluding carboxylic acids is 1. The first-order chi connectivity index (χ1) is 13.4. The summed E-state index contributed by atoms with van der Waals surface area (Å²) in [6, 6.07) is 11.1. The van der Waals surface area contributed by atoms with E-state index in [2.05, 4.69) is 4.72 Å². The lowest BCUT2D eigenvalue weighted by Crippen LogP contribution is -2.28. The Morgan fingerprint density at radius 1 is 1.07 bits per heavy atom. The molecule has 1 aliphatic heterocycles. The minimum absolute atomic E-state index is 0.118. The van der Waals surface area contributed by atoms with E-state index in [1.165, 1.54) is 23.5 Å². The Labute approximate surface area is 164 Å². The number of thiophene rings is 1. The molecule has 2 heterocycles. The van der Waals surface area contributed by atoms with Crippen LogP contribution in [0.2, 0.25) is 0 Å². The smallest absolute Gasteiger partial charge is 0.268 e. The normalized spacial score (nSPS) is 13.4. The van der Waals surface area contributed by atoms with Crippen LogP contribution >= 0.6 is 11.3 Å². The molecule has 1 aromatic heterocycles. The van der Waals surface area contributed by atoms with Crippen LogP contribution in [0, 0.1) is 11.6 Å². The number of hydrogen-bond acceptors (Lipinski definition) is 4. The van der Waals surface area contributed by atoms with E-state index in [-0.39, 0.29) is 11.6 Å². The lowest BCUT2D eigenvalue weighted by molar-refractivity contribution is 0.0993. The average molecular weight is 420 g/mol. The van der Waals surface area contributed by atoms with Gasteiger partial charge >= 0.3 is 0 Å². The minimum atomic E-state index is -4.47. The zero-order valence-electron chi connectivity index (χ0n) is 14.4. The second-order valence-electron chi connectivity index (χ2n) is 6.18. The monoisotopic (exact) mass is 420 g/mol. The fourth-order valence-corrected chi connectivity index (χ4v) is 4.99. The number of hydrogen-bond donors (Lipinski definition) is 1. The summed E-state index contributed by atoms with van der Waals surface area (Å²) in [5, 5.41) is 1.80. The maximum atomic E-state index is 13.9. The van der Waals surface area contributed by atoms with Crippen LogP contribution in [0.5, 0.6) is 0 Å². The first-order valence-electron chi connectivity index (χ1n) is 8.32. The standard InChI is InChI=1S/C19H14F2N2O3S2/c20-14-3-1-4-15(21)18(14)28(25,26)22-13-7-6-12-8-9-23(16(12)11-13)19(24)17-5-2-10-27-17/h1-7,10-11,22H,8-9H2. The van der Waals surface area contributed by atoms with Crippen LogP contribution in [0.1, 0.15) is 15.2 Å². The van der Waals surface area contributed by atoms with E-state index in [4.69, 9.17) is 0 Å². The van der Waals surface area contributed by atoms with E-state index in [9.17, 15) is 22.0 Å². The lowest BCUT2D eigenvalue weighted by Gasteiger charge is -2.17. The van der Waals surface area contributed by atoms with Crippen molar-refractivity contribution in [2.45, 2.75) is 11.3 Å². The van der Waals surface area contributed by atoms with Crippen molar-refractivity contribution in [3.05, 3.63) is 76.0 Å². The highest BCUT2D eigenvalue weighted by molar-refractivity contribution is 7.92. The number of sulfonamides is 1. The van der Waals surface area contributed by atoms with Gasteiger partial charge in [0.25, 0.3) is 15.9 Å². The van der Waals surface area contributed by atoms with Gasteiger partial charge in [-0.05, 0) is 47.7 Å². The van der Waals surface area contributed by atoms with Crippen LogP contribution < -0.4 is 9.62 Å². The summed E-state index contributed by atoms with van der Waals surface area (Å²) >= 11 is 1.32. The maximum absolute atomic E-state index is 13.9. The molecule has 0 aliphatic carbocycles. The second-order valence-corrected chi connectivity index (χ2v) is 8.75. The van der Waals surface area contributed by atoms with Crippen molar-refractivity contribution < 1.29 is 22.0 Å². The third kappa shape index (κ3) is 3.27. The van der Waals surface area contributed by atoms with Gasteiger partial charge in [-0.3, -0.25) is 9.52 Å². The fraction of sp³-hybridized carbons (Fsp3) is 0.105. The summed E-state index contributed by atoms with van der Waals surface area (Å²) in [6.45, 7) is 0.476. The molecule has 0 unspecified atom stereocenters. The van der Waals surface area contributed by atoms with Crippen molar-refractivity contribution in [2.24, 2.45) is 0 Å². The number of halogens is 2. The van der Waals surface area contributed by atoms with Gasteiger partial charge in [-0.1, -0.05) is 18.2 Å². The average Bonchev–Trinajstić information content (AvgIpc) is 3.30. The Morgan fingerprint density at radius 3 is 2.50 bits per heavy atom.